The van der Waals surface area contributed by atoms with Crippen LogP contribution in [-0.2, 0) is 33.2 Å². The van der Waals surface area contributed by atoms with Gasteiger partial charge in [-0.1, -0.05) is 22.6 Å². The molecule has 0 spiro atoms. The molecule has 0 bridgehead atoms. The summed E-state index contributed by atoms with van der Waals surface area (Å²) in [5.74, 6) is 0. The molecule has 9 N–H and O–H groups in total. The zero-order valence-electron chi connectivity index (χ0n) is 21.4. The van der Waals surface area contributed by atoms with Crippen LogP contribution in [0.4, 0.5) is 0 Å². The van der Waals surface area contributed by atoms with Crippen LogP contribution in [0.25, 0.3) is 0 Å². The van der Waals surface area contributed by atoms with Gasteiger partial charge in [-0.05, 0) is 6.42 Å². The van der Waals surface area contributed by atoms with Crippen molar-refractivity contribution in [1.29, 1.82) is 0 Å². The van der Waals surface area contributed by atoms with Crippen LogP contribution in [0.15, 0.2) is 0 Å². The number of aliphatic hydroxyl groups excluding tert-OH is 9. The molecular weight excluding hydrogens is 659 g/mol. The van der Waals surface area contributed by atoms with Gasteiger partial charge in [0.25, 0.3) is 0 Å². The van der Waals surface area contributed by atoms with Crippen molar-refractivity contribution in [2.24, 2.45) is 0 Å². The van der Waals surface area contributed by atoms with Gasteiger partial charge in [0.1, 0.15) is 73.2 Å². The summed E-state index contributed by atoms with van der Waals surface area (Å²) in [4.78, 5) is 0. The Morgan fingerprint density at radius 1 is 0.625 bits per heavy atom. The average molecular weight is 698 g/mol. The van der Waals surface area contributed by atoms with Gasteiger partial charge in [-0.2, -0.15) is 0 Å². The molecule has 0 aromatic rings. The topological polar surface area (TPSA) is 247 Å². The van der Waals surface area contributed by atoms with Gasteiger partial charge in [-0.25, -0.2) is 0 Å². The van der Waals surface area contributed by atoms with Crippen molar-refractivity contribution in [3.05, 3.63) is 0 Å². The molecule has 4 aliphatic rings. The lowest BCUT2D eigenvalue weighted by Crippen LogP contribution is -2.60. The Bertz CT molecular complexity index is 783. The Balaban J connectivity index is 1.26. The third-order valence-electron chi connectivity index (χ3n) is 7.56. The van der Waals surface area contributed by atoms with E-state index in [9.17, 15) is 40.9 Å². The lowest BCUT2D eigenvalue weighted by atomic mass is 9.97. The van der Waals surface area contributed by atoms with Crippen LogP contribution in [0.3, 0.4) is 0 Å². The maximum atomic E-state index is 10.8. The summed E-state index contributed by atoms with van der Waals surface area (Å²) >= 11 is 1.98. The molecule has 4 rings (SSSR count). The van der Waals surface area contributed by atoms with Gasteiger partial charge in [-0.3, -0.25) is 0 Å². The largest absolute Gasteiger partial charge is 0.396 e. The first-order valence-corrected chi connectivity index (χ1v) is 14.6. The number of aliphatic hydroxyl groups is 9. The van der Waals surface area contributed by atoms with E-state index in [0.717, 1.165) is 0 Å². The summed E-state index contributed by atoms with van der Waals surface area (Å²) in [5.41, 5.74) is 0. The van der Waals surface area contributed by atoms with E-state index in [1.807, 2.05) is 22.6 Å². The van der Waals surface area contributed by atoms with Crippen LogP contribution >= 0.6 is 22.6 Å². The Morgan fingerprint density at radius 3 is 1.93 bits per heavy atom. The lowest BCUT2D eigenvalue weighted by Gasteiger charge is -2.43. The summed E-state index contributed by atoms with van der Waals surface area (Å²) in [5, 5.41) is 92.1. The smallest absolute Gasteiger partial charge is 0.187 e. The van der Waals surface area contributed by atoms with Crippen molar-refractivity contribution in [3.8, 4) is 0 Å². The number of hydrogen-bond donors (Lipinski definition) is 9. The molecule has 0 aromatic heterocycles. The predicted octanol–water partition coefficient (Wildman–Crippen LogP) is -5.27. The Labute approximate surface area is 243 Å². The monoisotopic (exact) mass is 698 g/mol. The van der Waals surface area contributed by atoms with Crippen molar-refractivity contribution in [3.63, 3.8) is 0 Å². The van der Waals surface area contributed by atoms with Gasteiger partial charge in [0, 0.05) is 11.0 Å². The minimum Gasteiger partial charge on any atom is -0.396 e. The highest BCUT2D eigenvalue weighted by molar-refractivity contribution is 14.1. The van der Waals surface area contributed by atoms with E-state index in [2.05, 4.69) is 0 Å². The van der Waals surface area contributed by atoms with Crippen LogP contribution in [0, 0.1) is 0 Å². The van der Waals surface area contributed by atoms with Crippen LogP contribution in [0.1, 0.15) is 6.42 Å². The summed E-state index contributed by atoms with van der Waals surface area (Å²) in [6, 6.07) is 0. The number of alkyl halides is 1. The zero-order chi connectivity index (χ0) is 29.1. The van der Waals surface area contributed by atoms with Gasteiger partial charge >= 0.3 is 0 Å². The first kappa shape index (κ1) is 33.0. The number of hydrogen-bond acceptors (Lipinski definition) is 16. The molecule has 4 fully saturated rings. The molecule has 0 amide bonds. The van der Waals surface area contributed by atoms with Crippen molar-refractivity contribution in [2.45, 2.75) is 104 Å². The zero-order valence-corrected chi connectivity index (χ0v) is 23.6. The minimum atomic E-state index is -1.60. The first-order chi connectivity index (χ1) is 19.1. The Kier molecular flexibility index (Phi) is 12.1. The number of halogens is 1. The van der Waals surface area contributed by atoms with E-state index in [1.54, 1.807) is 0 Å². The minimum absolute atomic E-state index is 0.120. The first-order valence-electron chi connectivity index (χ1n) is 13.1. The maximum Gasteiger partial charge on any atom is 0.187 e. The molecule has 16 atom stereocenters. The second kappa shape index (κ2) is 14.7. The molecule has 8 unspecified atom stereocenters. The fraction of sp³-hybridized carbons (Fsp3) is 1.00. The highest BCUT2D eigenvalue weighted by Gasteiger charge is 2.49. The Hall–Kier alpha value is 0.0900. The third-order valence-corrected chi connectivity index (χ3v) is 8.43. The van der Waals surface area contributed by atoms with Crippen LogP contribution in [0.2, 0.25) is 0 Å². The molecule has 4 heterocycles. The van der Waals surface area contributed by atoms with E-state index in [4.69, 9.17) is 38.3 Å². The second-order valence-electron chi connectivity index (χ2n) is 10.3. The number of rotatable bonds is 10. The highest BCUT2D eigenvalue weighted by atomic mass is 127. The summed E-state index contributed by atoms with van der Waals surface area (Å²) < 4.78 is 39.1. The summed E-state index contributed by atoms with van der Waals surface area (Å²) in [6.07, 6.45) is -19.5. The predicted molar refractivity (Wildman–Crippen MR) is 136 cm³/mol. The molecule has 4 saturated heterocycles. The number of ether oxygens (including phenoxy) is 7. The molecule has 17 heteroatoms. The SMILES string of the molecule is OCC[C@@H]1OC[C@@H](O[C@@H]2OC[C@@H](OC[C@@H]3OC[C@@H](O)C(O[C@@H]4O[C@@H](CI)C(O)C4O)C3O)C(O)C2O)C(O)C1O. The molecule has 0 radical (unpaired) electrons. The summed E-state index contributed by atoms with van der Waals surface area (Å²) in [6.45, 7) is -1.16. The normalized spacial score (nSPS) is 50.2. The van der Waals surface area contributed by atoms with Gasteiger partial charge in [-0.15, -0.1) is 0 Å². The van der Waals surface area contributed by atoms with E-state index >= 15 is 0 Å². The average Bonchev–Trinajstić information content (AvgIpc) is 3.21. The molecular formula is C23H39IO16. The van der Waals surface area contributed by atoms with Crippen molar-refractivity contribution in [1.82, 2.24) is 0 Å². The fourth-order valence-electron chi connectivity index (χ4n) is 5.06. The van der Waals surface area contributed by atoms with Crippen LogP contribution in [0.5, 0.6) is 0 Å². The quantitative estimate of drug-likeness (QED) is 0.0764. The maximum absolute atomic E-state index is 10.8. The van der Waals surface area contributed by atoms with Gasteiger partial charge in [0.15, 0.2) is 12.6 Å². The van der Waals surface area contributed by atoms with E-state index in [-0.39, 0.29) is 39.5 Å². The van der Waals surface area contributed by atoms with Crippen LogP contribution in [-0.4, -0.2) is 181 Å². The van der Waals surface area contributed by atoms with Crippen molar-refractivity contribution < 1.29 is 79.1 Å². The van der Waals surface area contributed by atoms with Crippen molar-refractivity contribution >= 4 is 22.6 Å². The highest BCUT2D eigenvalue weighted by Crippen LogP contribution is 2.29. The standard InChI is InChI=1S/C23H39IO16/c24-3-10-15(28)20(33)23(38-10)40-21-8(26)4-34-12(18(21)31)5-36-11-6-37-22(19(32)16(11)29)39-13-7-35-9(1-2-25)14(27)17(13)30/h8-23,25-33H,1-7H2/t8-,9+,10+,11-,12+,13-,14?,15?,16?,17?,18?,19?,20?,21?,22+,23+/m1/s1. The van der Waals surface area contributed by atoms with E-state index < -0.39 is 98.0 Å². The molecule has 0 aliphatic carbocycles. The molecule has 0 aromatic carbocycles. The fourth-order valence-corrected chi connectivity index (χ4v) is 5.79. The molecule has 16 nitrogen and oxygen atoms in total. The molecule has 4 aliphatic heterocycles. The Morgan fingerprint density at radius 2 is 1.25 bits per heavy atom. The molecule has 234 valence electrons. The van der Waals surface area contributed by atoms with Gasteiger partial charge in [0.2, 0.25) is 0 Å². The second-order valence-corrected chi connectivity index (χ2v) is 11.2. The van der Waals surface area contributed by atoms with Gasteiger partial charge in [0.05, 0.1) is 38.6 Å². The third kappa shape index (κ3) is 7.24. The van der Waals surface area contributed by atoms with Gasteiger partial charge < -0.3 is 79.1 Å². The lowest BCUT2D eigenvalue weighted by molar-refractivity contribution is -0.317. The van der Waals surface area contributed by atoms with E-state index in [0.29, 0.717) is 4.43 Å². The van der Waals surface area contributed by atoms with Crippen LogP contribution < -0.4 is 0 Å². The summed E-state index contributed by atoms with van der Waals surface area (Å²) in [7, 11) is 0. The van der Waals surface area contributed by atoms with E-state index in [1.165, 1.54) is 0 Å². The molecule has 40 heavy (non-hydrogen) atoms. The van der Waals surface area contributed by atoms with Crippen molar-refractivity contribution in [2.75, 3.05) is 37.5 Å². The molecule has 0 saturated carbocycles.